The number of aryl methyl sites for hydroxylation is 2. The number of hydrazine groups is 1. The molecule has 0 radical (unpaired) electrons. The predicted molar refractivity (Wildman–Crippen MR) is 69.3 cm³/mol. The maximum atomic E-state index is 13.5. The van der Waals surface area contributed by atoms with Gasteiger partial charge in [-0.25, -0.2) is 9.82 Å². The molecule has 4 heteroatoms. The molecule has 0 spiro atoms. The lowest BCUT2D eigenvalue weighted by Crippen LogP contribution is -2.29. The molecule has 0 saturated heterocycles. The molecule has 3 nitrogen and oxygen atoms in total. The number of benzene rings is 1. The first-order valence-corrected chi connectivity index (χ1v) is 5.75. The Morgan fingerprint density at radius 1 is 1.28 bits per heavy atom. The Balaban J connectivity index is 2.48. The smallest absolute Gasteiger partial charge is 0.123 e. The van der Waals surface area contributed by atoms with Gasteiger partial charge in [-0.3, -0.25) is 10.8 Å². The highest BCUT2D eigenvalue weighted by Crippen LogP contribution is 2.25. The second kappa shape index (κ2) is 5.25. The van der Waals surface area contributed by atoms with Gasteiger partial charge in [0.25, 0.3) is 0 Å². The fourth-order valence-corrected chi connectivity index (χ4v) is 2.10. The van der Waals surface area contributed by atoms with Crippen molar-refractivity contribution in [3.8, 4) is 0 Å². The summed E-state index contributed by atoms with van der Waals surface area (Å²) >= 11 is 0. The molecule has 2 rings (SSSR count). The van der Waals surface area contributed by atoms with Crippen LogP contribution in [-0.4, -0.2) is 4.98 Å². The summed E-state index contributed by atoms with van der Waals surface area (Å²) < 4.78 is 13.5. The van der Waals surface area contributed by atoms with E-state index in [-0.39, 0.29) is 11.9 Å². The van der Waals surface area contributed by atoms with Crippen LogP contribution in [0.5, 0.6) is 0 Å². The Labute approximate surface area is 106 Å². The van der Waals surface area contributed by atoms with E-state index in [9.17, 15) is 4.39 Å². The van der Waals surface area contributed by atoms with Crippen molar-refractivity contribution >= 4 is 0 Å². The third-order valence-electron chi connectivity index (χ3n) is 2.94. The van der Waals surface area contributed by atoms with Gasteiger partial charge < -0.3 is 0 Å². The van der Waals surface area contributed by atoms with Gasteiger partial charge in [-0.15, -0.1) is 0 Å². The highest BCUT2D eigenvalue weighted by Gasteiger charge is 2.15. The lowest BCUT2D eigenvalue weighted by Gasteiger charge is -2.19. The Morgan fingerprint density at radius 3 is 2.67 bits per heavy atom. The average Bonchev–Trinajstić information content (AvgIpc) is 2.31. The van der Waals surface area contributed by atoms with Crippen LogP contribution in [0.15, 0.2) is 36.7 Å². The summed E-state index contributed by atoms with van der Waals surface area (Å²) in [6, 6.07) is 6.57. The van der Waals surface area contributed by atoms with Crippen molar-refractivity contribution in [2.24, 2.45) is 5.84 Å². The van der Waals surface area contributed by atoms with E-state index in [2.05, 4.69) is 10.4 Å². The van der Waals surface area contributed by atoms with Gasteiger partial charge in [-0.1, -0.05) is 6.07 Å². The van der Waals surface area contributed by atoms with E-state index < -0.39 is 0 Å². The number of nitrogens with two attached hydrogens (primary N) is 1. The van der Waals surface area contributed by atoms with Crippen LogP contribution in [0.3, 0.4) is 0 Å². The van der Waals surface area contributed by atoms with Crippen molar-refractivity contribution in [1.29, 1.82) is 0 Å². The standard InChI is InChI=1S/C14H16FN3/c1-9-5-11(7-12(15)6-9)14(18-16)13-3-4-17-8-10(13)2/h3-8,14,18H,16H2,1-2H3. The van der Waals surface area contributed by atoms with Crippen LogP contribution in [0, 0.1) is 19.7 Å². The fraction of sp³-hybridized carbons (Fsp3) is 0.214. The van der Waals surface area contributed by atoms with Crippen molar-refractivity contribution in [2.75, 3.05) is 0 Å². The van der Waals surface area contributed by atoms with Gasteiger partial charge in [0, 0.05) is 12.4 Å². The van der Waals surface area contributed by atoms with Crippen molar-refractivity contribution in [2.45, 2.75) is 19.9 Å². The molecule has 94 valence electrons. The summed E-state index contributed by atoms with van der Waals surface area (Å²) in [5.74, 6) is 5.36. The molecular formula is C14H16FN3. The lowest BCUT2D eigenvalue weighted by molar-refractivity contribution is 0.602. The monoisotopic (exact) mass is 245 g/mol. The lowest BCUT2D eigenvalue weighted by atomic mass is 9.96. The van der Waals surface area contributed by atoms with Gasteiger partial charge in [-0.2, -0.15) is 0 Å². The molecule has 0 aliphatic rings. The zero-order chi connectivity index (χ0) is 13.1. The summed E-state index contributed by atoms with van der Waals surface area (Å²) in [5, 5.41) is 0. The van der Waals surface area contributed by atoms with Crippen LogP contribution in [0.2, 0.25) is 0 Å². The molecule has 1 atom stereocenters. The van der Waals surface area contributed by atoms with E-state index in [1.165, 1.54) is 12.1 Å². The number of rotatable bonds is 3. The molecule has 0 aliphatic heterocycles. The van der Waals surface area contributed by atoms with Gasteiger partial charge in [0.05, 0.1) is 6.04 Å². The van der Waals surface area contributed by atoms with E-state index in [1.807, 2.05) is 26.0 Å². The normalized spacial score (nSPS) is 12.4. The van der Waals surface area contributed by atoms with E-state index >= 15 is 0 Å². The number of halogens is 1. The zero-order valence-corrected chi connectivity index (χ0v) is 10.4. The highest BCUT2D eigenvalue weighted by atomic mass is 19.1. The largest absolute Gasteiger partial charge is 0.271 e. The fourth-order valence-electron chi connectivity index (χ4n) is 2.10. The zero-order valence-electron chi connectivity index (χ0n) is 10.4. The number of nitrogens with zero attached hydrogens (tertiary/aromatic N) is 1. The molecule has 1 unspecified atom stereocenters. The van der Waals surface area contributed by atoms with Crippen LogP contribution in [0.25, 0.3) is 0 Å². The minimum absolute atomic E-state index is 0.234. The molecule has 1 aromatic heterocycles. The Morgan fingerprint density at radius 2 is 2.06 bits per heavy atom. The summed E-state index contributed by atoms with van der Waals surface area (Å²) in [6.07, 6.45) is 3.48. The number of hydrogen-bond donors (Lipinski definition) is 2. The Kier molecular flexibility index (Phi) is 3.69. The number of aromatic nitrogens is 1. The van der Waals surface area contributed by atoms with Crippen molar-refractivity contribution in [1.82, 2.24) is 10.4 Å². The van der Waals surface area contributed by atoms with Gasteiger partial charge in [0.2, 0.25) is 0 Å². The van der Waals surface area contributed by atoms with E-state index in [1.54, 1.807) is 12.4 Å². The summed E-state index contributed by atoms with van der Waals surface area (Å²) in [4.78, 5) is 4.05. The molecule has 1 heterocycles. The minimum Gasteiger partial charge on any atom is -0.271 e. The van der Waals surface area contributed by atoms with Crippen LogP contribution in [0.4, 0.5) is 4.39 Å². The maximum Gasteiger partial charge on any atom is 0.123 e. The topological polar surface area (TPSA) is 50.9 Å². The van der Waals surface area contributed by atoms with E-state index in [4.69, 9.17) is 5.84 Å². The van der Waals surface area contributed by atoms with Crippen LogP contribution < -0.4 is 11.3 Å². The molecule has 0 fully saturated rings. The molecular weight excluding hydrogens is 229 g/mol. The first kappa shape index (κ1) is 12.7. The number of nitrogens with one attached hydrogen (secondary N) is 1. The molecule has 0 aliphatic carbocycles. The number of hydrogen-bond acceptors (Lipinski definition) is 3. The first-order valence-electron chi connectivity index (χ1n) is 5.75. The highest BCUT2D eigenvalue weighted by molar-refractivity contribution is 5.36. The molecule has 3 N–H and O–H groups in total. The predicted octanol–water partition coefficient (Wildman–Crippen LogP) is 2.39. The summed E-state index contributed by atoms with van der Waals surface area (Å²) in [5.41, 5.74) is 6.43. The molecule has 0 amide bonds. The van der Waals surface area contributed by atoms with Crippen molar-refractivity contribution < 1.29 is 4.39 Å². The average molecular weight is 245 g/mol. The SMILES string of the molecule is Cc1cc(F)cc(C(NN)c2ccncc2C)c1. The molecule has 2 aromatic rings. The van der Waals surface area contributed by atoms with Gasteiger partial charge >= 0.3 is 0 Å². The molecule has 1 aromatic carbocycles. The quantitative estimate of drug-likeness (QED) is 0.645. The molecule has 18 heavy (non-hydrogen) atoms. The summed E-state index contributed by atoms with van der Waals surface area (Å²) in [7, 11) is 0. The minimum atomic E-state index is -0.253. The Hall–Kier alpha value is -1.78. The Bertz CT molecular complexity index is 534. The van der Waals surface area contributed by atoms with Crippen LogP contribution in [-0.2, 0) is 0 Å². The molecule has 0 bridgehead atoms. The number of pyridine rings is 1. The van der Waals surface area contributed by atoms with E-state index in [0.29, 0.717) is 0 Å². The maximum absolute atomic E-state index is 13.5. The van der Waals surface area contributed by atoms with Gasteiger partial charge in [0.1, 0.15) is 5.82 Å². The van der Waals surface area contributed by atoms with Gasteiger partial charge in [0.15, 0.2) is 0 Å². The van der Waals surface area contributed by atoms with Gasteiger partial charge in [-0.05, 0) is 54.3 Å². The second-order valence-corrected chi connectivity index (χ2v) is 4.39. The van der Waals surface area contributed by atoms with Crippen LogP contribution in [0.1, 0.15) is 28.3 Å². The van der Waals surface area contributed by atoms with Crippen LogP contribution >= 0.6 is 0 Å². The third kappa shape index (κ3) is 2.55. The van der Waals surface area contributed by atoms with Crippen molar-refractivity contribution in [3.63, 3.8) is 0 Å². The second-order valence-electron chi connectivity index (χ2n) is 4.39. The summed E-state index contributed by atoms with van der Waals surface area (Å²) in [6.45, 7) is 3.82. The first-order chi connectivity index (χ1) is 8.61. The molecule has 0 saturated carbocycles. The van der Waals surface area contributed by atoms with Crippen molar-refractivity contribution in [3.05, 3.63) is 64.7 Å². The third-order valence-corrected chi connectivity index (χ3v) is 2.94. The van der Waals surface area contributed by atoms with E-state index in [0.717, 1.165) is 22.3 Å².